The number of nitrogens with two attached hydrogens (primary N) is 2. The van der Waals surface area contributed by atoms with Gasteiger partial charge in [0.25, 0.3) is 0 Å². The Morgan fingerprint density at radius 3 is 1.45 bits per heavy atom. The van der Waals surface area contributed by atoms with Gasteiger partial charge in [-0.3, -0.25) is 5.41 Å². The van der Waals surface area contributed by atoms with Crippen LogP contribution in [0.3, 0.4) is 0 Å². The summed E-state index contributed by atoms with van der Waals surface area (Å²) >= 11 is 0. The van der Waals surface area contributed by atoms with Crippen molar-refractivity contribution in [2.24, 2.45) is 11.5 Å². The first-order chi connectivity index (χ1) is 9.58. The van der Waals surface area contributed by atoms with Gasteiger partial charge in [0, 0.05) is 0 Å². The lowest BCUT2D eigenvalue weighted by atomic mass is 10.3. The van der Waals surface area contributed by atoms with Crippen LogP contribution >= 0.6 is 0 Å². The summed E-state index contributed by atoms with van der Waals surface area (Å²) in [5.41, 5.74) is 8.94. The standard InChI is InChI=1S/C12H10NO3.CH5N3/c14-13(15-11-7-3-1-4-8-11)16-12-9-5-2-6-10-12;2-1(3)4/h1-10H;(H5,2,3,4)/q+1;. The highest BCUT2D eigenvalue weighted by Gasteiger charge is 2.15. The van der Waals surface area contributed by atoms with Gasteiger partial charge in [-0.25, -0.2) is 0 Å². The van der Waals surface area contributed by atoms with Crippen molar-refractivity contribution in [2.75, 3.05) is 0 Å². The van der Waals surface area contributed by atoms with Crippen LogP contribution < -0.4 is 21.1 Å². The monoisotopic (exact) mass is 275 g/mol. The quantitative estimate of drug-likeness (QED) is 0.445. The Labute approximate surface area is 115 Å². The van der Waals surface area contributed by atoms with E-state index in [-0.39, 0.29) is 11.0 Å². The number of rotatable bonds is 4. The van der Waals surface area contributed by atoms with E-state index in [0.29, 0.717) is 11.5 Å². The molecule has 2 aromatic carbocycles. The van der Waals surface area contributed by atoms with Crippen LogP contribution in [0.25, 0.3) is 0 Å². The molecule has 0 aliphatic heterocycles. The van der Waals surface area contributed by atoms with Gasteiger partial charge in [0.15, 0.2) is 5.96 Å². The van der Waals surface area contributed by atoms with Crippen molar-refractivity contribution in [1.82, 2.24) is 0 Å². The molecule has 0 amide bonds. The number of nitrogens with zero attached hydrogens (tertiary/aromatic N) is 1. The Kier molecular flexibility index (Phi) is 6.05. The van der Waals surface area contributed by atoms with E-state index >= 15 is 0 Å². The Bertz CT molecular complexity index is 499. The molecule has 104 valence electrons. The van der Waals surface area contributed by atoms with E-state index in [1.165, 1.54) is 0 Å². The van der Waals surface area contributed by atoms with E-state index in [9.17, 15) is 4.91 Å². The summed E-state index contributed by atoms with van der Waals surface area (Å²) in [4.78, 5) is 21.0. The zero-order valence-electron chi connectivity index (χ0n) is 10.6. The summed E-state index contributed by atoms with van der Waals surface area (Å²) in [5, 5.41) is 6.13. The molecule has 0 spiro atoms. The predicted octanol–water partition coefficient (Wildman–Crippen LogP) is 1.59. The normalized spacial score (nSPS) is 8.80. The molecule has 20 heavy (non-hydrogen) atoms. The average Bonchev–Trinajstić information content (AvgIpc) is 2.40. The van der Waals surface area contributed by atoms with Gasteiger partial charge in [-0.1, -0.05) is 36.4 Å². The van der Waals surface area contributed by atoms with Crippen LogP contribution in [0, 0.1) is 10.3 Å². The fourth-order valence-corrected chi connectivity index (χ4v) is 1.15. The van der Waals surface area contributed by atoms with E-state index in [1.54, 1.807) is 48.5 Å². The molecule has 0 unspecified atom stereocenters. The van der Waals surface area contributed by atoms with E-state index in [4.69, 9.17) is 15.1 Å². The molecule has 0 radical (unpaired) electrons. The van der Waals surface area contributed by atoms with Crippen molar-refractivity contribution < 1.29 is 14.8 Å². The minimum Gasteiger partial charge on any atom is -0.370 e. The summed E-state index contributed by atoms with van der Waals surface area (Å²) in [5.74, 6) is 0.516. The molecule has 0 aliphatic carbocycles. The second-order valence-electron chi connectivity index (χ2n) is 3.49. The minimum absolute atomic E-state index is 0.0741. The molecule has 0 saturated heterocycles. The molecule has 7 nitrogen and oxygen atoms in total. The van der Waals surface area contributed by atoms with Crippen LogP contribution in [0.1, 0.15) is 0 Å². The highest BCUT2D eigenvalue weighted by molar-refractivity contribution is 5.71. The maximum absolute atomic E-state index is 11.3. The van der Waals surface area contributed by atoms with Crippen molar-refractivity contribution in [1.29, 1.82) is 5.41 Å². The number of benzene rings is 2. The summed E-state index contributed by atoms with van der Waals surface area (Å²) in [6.07, 6.45) is 0. The molecule has 0 bridgehead atoms. The number of para-hydroxylation sites is 2. The Balaban J connectivity index is 0.000000444. The molecular formula is C13H15N4O3+. The van der Waals surface area contributed by atoms with Crippen molar-refractivity contribution in [3.63, 3.8) is 0 Å². The Morgan fingerprint density at radius 1 is 0.850 bits per heavy atom. The Morgan fingerprint density at radius 2 is 1.15 bits per heavy atom. The molecule has 0 atom stereocenters. The number of nitrogens with one attached hydrogen (secondary N) is 1. The van der Waals surface area contributed by atoms with Crippen LogP contribution in [0.15, 0.2) is 60.7 Å². The van der Waals surface area contributed by atoms with Crippen LogP contribution in [-0.4, -0.2) is 11.0 Å². The molecule has 2 aromatic rings. The molecule has 7 heteroatoms. The lowest BCUT2D eigenvalue weighted by molar-refractivity contribution is -0.920. The second-order valence-corrected chi connectivity index (χ2v) is 3.49. The van der Waals surface area contributed by atoms with Gasteiger partial charge in [0.1, 0.15) is 4.91 Å². The first-order valence-electron chi connectivity index (χ1n) is 5.60. The van der Waals surface area contributed by atoms with E-state index in [1.807, 2.05) is 12.1 Å². The third-order valence-corrected chi connectivity index (χ3v) is 1.85. The summed E-state index contributed by atoms with van der Waals surface area (Å²) < 4.78 is 0. The second kappa shape index (κ2) is 8.09. The van der Waals surface area contributed by atoms with Crippen LogP contribution in [0.4, 0.5) is 0 Å². The molecule has 2 rings (SSSR count). The first kappa shape index (κ1) is 15.0. The number of hydrogen-bond acceptors (Lipinski definition) is 4. The highest BCUT2D eigenvalue weighted by Crippen LogP contribution is 2.11. The van der Waals surface area contributed by atoms with Crippen molar-refractivity contribution in [2.45, 2.75) is 0 Å². The zero-order valence-corrected chi connectivity index (χ0v) is 10.6. The maximum Gasteiger partial charge on any atom is 0.489 e. The van der Waals surface area contributed by atoms with Gasteiger partial charge in [0.2, 0.25) is 11.5 Å². The number of hydrogen-bond donors (Lipinski definition) is 3. The molecule has 5 N–H and O–H groups in total. The average molecular weight is 275 g/mol. The fourth-order valence-electron chi connectivity index (χ4n) is 1.15. The predicted molar refractivity (Wildman–Crippen MR) is 73.9 cm³/mol. The van der Waals surface area contributed by atoms with Crippen molar-refractivity contribution in [3.8, 4) is 11.5 Å². The van der Waals surface area contributed by atoms with Gasteiger partial charge < -0.3 is 11.5 Å². The van der Waals surface area contributed by atoms with Gasteiger partial charge in [0.05, 0.1) is 0 Å². The maximum atomic E-state index is 11.3. The largest absolute Gasteiger partial charge is 0.489 e. The number of guanidine groups is 1. The smallest absolute Gasteiger partial charge is 0.370 e. The molecule has 0 aromatic heterocycles. The summed E-state index contributed by atoms with van der Waals surface area (Å²) in [6.45, 7) is 0. The highest BCUT2D eigenvalue weighted by atomic mass is 17.0. The third-order valence-electron chi connectivity index (χ3n) is 1.85. The SMILES string of the molecule is N=C(N)N.O=[N+](Oc1ccccc1)Oc1ccccc1. The van der Waals surface area contributed by atoms with Crippen molar-refractivity contribution in [3.05, 3.63) is 65.6 Å². The third kappa shape index (κ3) is 6.60. The van der Waals surface area contributed by atoms with E-state index < -0.39 is 0 Å². The lowest BCUT2D eigenvalue weighted by Gasteiger charge is -1.93. The van der Waals surface area contributed by atoms with E-state index in [0.717, 1.165) is 0 Å². The molecule has 0 saturated carbocycles. The van der Waals surface area contributed by atoms with Crippen LogP contribution in [0.5, 0.6) is 11.5 Å². The van der Waals surface area contributed by atoms with Crippen LogP contribution in [0.2, 0.25) is 0 Å². The summed E-state index contributed by atoms with van der Waals surface area (Å²) in [7, 11) is 0. The molecular weight excluding hydrogens is 260 g/mol. The van der Waals surface area contributed by atoms with Crippen LogP contribution in [-0.2, 0) is 0 Å². The van der Waals surface area contributed by atoms with E-state index in [2.05, 4.69) is 11.5 Å². The van der Waals surface area contributed by atoms with Crippen molar-refractivity contribution >= 4 is 5.96 Å². The van der Waals surface area contributed by atoms with Gasteiger partial charge in [-0.2, -0.15) is 0 Å². The summed E-state index contributed by atoms with van der Waals surface area (Å²) in [6, 6.07) is 17.4. The minimum atomic E-state index is -0.333. The zero-order chi connectivity index (χ0) is 14.8. The van der Waals surface area contributed by atoms with Gasteiger partial charge in [-0.15, -0.1) is 9.68 Å². The fraction of sp³-hybridized carbons (Fsp3) is 0. The topological polar surface area (TPSA) is 114 Å². The molecule has 0 aliphatic rings. The first-order valence-corrected chi connectivity index (χ1v) is 5.60. The molecule has 0 heterocycles. The molecule has 0 fully saturated rings. The van der Waals surface area contributed by atoms with Gasteiger partial charge >= 0.3 is 5.09 Å². The Hall–Kier alpha value is -3.09. The van der Waals surface area contributed by atoms with Gasteiger partial charge in [-0.05, 0) is 24.3 Å². The lowest BCUT2D eigenvalue weighted by Crippen LogP contribution is -2.20.